The van der Waals surface area contributed by atoms with E-state index >= 15 is 0 Å². The maximum atomic E-state index is 12.7. The third-order valence-electron chi connectivity index (χ3n) is 5.80. The van der Waals surface area contributed by atoms with Crippen LogP contribution in [0.2, 0.25) is 0 Å². The molecule has 0 unspecified atom stereocenters. The van der Waals surface area contributed by atoms with Gasteiger partial charge in [-0.25, -0.2) is 13.2 Å². The van der Waals surface area contributed by atoms with Crippen LogP contribution in [0.15, 0.2) is 35.2 Å². The first kappa shape index (κ1) is 22.6. The Morgan fingerprint density at radius 3 is 2.27 bits per heavy atom. The Morgan fingerprint density at radius 1 is 1.03 bits per heavy atom. The molecular formula is C21H31N3O5S. The van der Waals surface area contributed by atoms with E-state index in [-0.39, 0.29) is 35.0 Å². The molecule has 0 radical (unpaired) electrons. The molecule has 2 N–H and O–H groups in total. The summed E-state index contributed by atoms with van der Waals surface area (Å²) in [6, 6.07) is 8.33. The molecule has 0 spiro atoms. The van der Waals surface area contributed by atoms with Gasteiger partial charge in [0.25, 0.3) is 0 Å². The van der Waals surface area contributed by atoms with Crippen LogP contribution in [0.25, 0.3) is 0 Å². The molecule has 1 aliphatic heterocycles. The molecule has 8 nitrogen and oxygen atoms in total. The van der Waals surface area contributed by atoms with Crippen molar-refractivity contribution in [3.63, 3.8) is 0 Å². The number of nitrogens with one attached hydrogen (secondary N) is 2. The van der Waals surface area contributed by atoms with Crippen molar-refractivity contribution in [1.29, 1.82) is 0 Å². The first-order valence-electron chi connectivity index (χ1n) is 10.7. The maximum absolute atomic E-state index is 12.7. The van der Waals surface area contributed by atoms with E-state index in [1.54, 1.807) is 30.3 Å². The fraction of sp³-hybridized carbons (Fsp3) is 0.619. The lowest BCUT2D eigenvalue weighted by atomic mass is 9.92. The zero-order valence-corrected chi connectivity index (χ0v) is 18.2. The molecule has 2 aliphatic rings. The molecule has 9 heteroatoms. The monoisotopic (exact) mass is 437 g/mol. The number of ether oxygens (including phenoxy) is 1. The standard InChI is InChI=1S/C21H31N3O5S/c1-2-22-21(26)23-17-8-10-18(11-9-17)29-20(25)16-12-14-24(15-13-16)30(27,28)19-6-4-3-5-7-19/h3-7,16-18H,2,8-15H2,1H3,(H2,22,23,26). The molecule has 1 aliphatic carbocycles. The number of esters is 1. The maximum Gasteiger partial charge on any atom is 0.314 e. The van der Waals surface area contributed by atoms with Gasteiger partial charge in [-0.05, 0) is 57.6 Å². The van der Waals surface area contributed by atoms with Crippen molar-refractivity contribution in [3.05, 3.63) is 30.3 Å². The van der Waals surface area contributed by atoms with Crippen LogP contribution in [-0.2, 0) is 19.6 Å². The minimum Gasteiger partial charge on any atom is -0.462 e. The largest absolute Gasteiger partial charge is 0.462 e. The Bertz CT molecular complexity index is 814. The van der Waals surface area contributed by atoms with Crippen molar-refractivity contribution < 1.29 is 22.7 Å². The van der Waals surface area contributed by atoms with Crippen molar-refractivity contribution in [3.8, 4) is 0 Å². The van der Waals surface area contributed by atoms with Gasteiger partial charge in [-0.1, -0.05) is 18.2 Å². The third-order valence-corrected chi connectivity index (χ3v) is 7.71. The SMILES string of the molecule is CCNC(=O)NC1CCC(OC(=O)C2CCN(S(=O)(=O)c3ccccc3)CC2)CC1. The van der Waals surface area contributed by atoms with Gasteiger partial charge in [0.15, 0.2) is 0 Å². The zero-order chi connectivity index (χ0) is 21.6. The molecule has 1 saturated heterocycles. The van der Waals surface area contributed by atoms with E-state index in [1.165, 1.54) is 4.31 Å². The number of carbonyl (C=O) groups excluding carboxylic acids is 2. The average molecular weight is 438 g/mol. The summed E-state index contributed by atoms with van der Waals surface area (Å²) in [5.41, 5.74) is 0. The first-order chi connectivity index (χ1) is 14.4. The van der Waals surface area contributed by atoms with Gasteiger partial charge in [0, 0.05) is 25.7 Å². The smallest absolute Gasteiger partial charge is 0.314 e. The van der Waals surface area contributed by atoms with E-state index in [4.69, 9.17) is 4.74 Å². The Labute approximate surface area is 178 Å². The van der Waals surface area contributed by atoms with Crippen molar-refractivity contribution in [2.24, 2.45) is 5.92 Å². The number of amides is 2. The molecule has 1 aromatic rings. The summed E-state index contributed by atoms with van der Waals surface area (Å²) >= 11 is 0. The van der Waals surface area contributed by atoms with Crippen LogP contribution < -0.4 is 10.6 Å². The van der Waals surface area contributed by atoms with Crippen LogP contribution in [0.3, 0.4) is 0 Å². The minimum absolute atomic E-state index is 0.109. The summed E-state index contributed by atoms with van der Waals surface area (Å²) in [5, 5.41) is 5.66. The fourth-order valence-electron chi connectivity index (χ4n) is 4.06. The van der Waals surface area contributed by atoms with E-state index in [9.17, 15) is 18.0 Å². The Morgan fingerprint density at radius 2 is 1.67 bits per heavy atom. The summed E-state index contributed by atoms with van der Waals surface area (Å²) in [6.07, 6.45) is 3.83. The quantitative estimate of drug-likeness (QED) is 0.664. The summed E-state index contributed by atoms with van der Waals surface area (Å²) in [5.74, 6) is -0.495. The predicted molar refractivity (Wildman–Crippen MR) is 112 cm³/mol. The molecular weight excluding hydrogens is 406 g/mol. The third kappa shape index (κ3) is 5.72. The molecule has 1 heterocycles. The van der Waals surface area contributed by atoms with Crippen LogP contribution in [0.4, 0.5) is 4.79 Å². The van der Waals surface area contributed by atoms with Gasteiger partial charge < -0.3 is 15.4 Å². The number of sulfonamides is 1. The van der Waals surface area contributed by atoms with Gasteiger partial charge in [-0.3, -0.25) is 4.79 Å². The topological polar surface area (TPSA) is 105 Å². The van der Waals surface area contributed by atoms with E-state index < -0.39 is 10.0 Å². The number of hydrogen-bond donors (Lipinski definition) is 2. The number of nitrogens with zero attached hydrogens (tertiary/aromatic N) is 1. The fourth-order valence-corrected chi connectivity index (χ4v) is 5.55. The highest BCUT2D eigenvalue weighted by Gasteiger charge is 2.34. The van der Waals surface area contributed by atoms with E-state index in [1.807, 2.05) is 6.92 Å². The molecule has 2 amide bonds. The highest BCUT2D eigenvalue weighted by atomic mass is 32.2. The lowest BCUT2D eigenvalue weighted by molar-refractivity contribution is -0.157. The van der Waals surface area contributed by atoms with Crippen LogP contribution in [0, 0.1) is 5.92 Å². The van der Waals surface area contributed by atoms with Crippen LogP contribution >= 0.6 is 0 Å². The van der Waals surface area contributed by atoms with Gasteiger partial charge in [-0.15, -0.1) is 0 Å². The average Bonchev–Trinajstić information content (AvgIpc) is 2.76. The molecule has 0 bridgehead atoms. The predicted octanol–water partition coefficient (Wildman–Crippen LogP) is 2.26. The van der Waals surface area contributed by atoms with E-state index in [0.29, 0.717) is 32.5 Å². The lowest BCUT2D eigenvalue weighted by Crippen LogP contribution is -2.45. The highest BCUT2D eigenvalue weighted by molar-refractivity contribution is 7.89. The number of urea groups is 1. The number of hydrogen-bond acceptors (Lipinski definition) is 5. The number of carbonyl (C=O) groups is 2. The number of benzene rings is 1. The molecule has 30 heavy (non-hydrogen) atoms. The number of rotatable bonds is 6. The normalized spacial score (nSPS) is 23.5. The first-order valence-corrected chi connectivity index (χ1v) is 12.1. The summed E-state index contributed by atoms with van der Waals surface area (Å²) in [6.45, 7) is 3.10. The second kappa shape index (κ2) is 10.3. The van der Waals surface area contributed by atoms with Gasteiger partial charge in [0.2, 0.25) is 10.0 Å². The Hall–Kier alpha value is -2.13. The van der Waals surface area contributed by atoms with Crippen molar-refractivity contribution in [2.75, 3.05) is 19.6 Å². The molecule has 3 rings (SSSR count). The highest BCUT2D eigenvalue weighted by Crippen LogP contribution is 2.27. The second-order valence-electron chi connectivity index (χ2n) is 7.91. The minimum atomic E-state index is -3.52. The van der Waals surface area contributed by atoms with Gasteiger partial charge >= 0.3 is 12.0 Å². The molecule has 0 atom stereocenters. The van der Waals surface area contributed by atoms with Crippen LogP contribution in [0.5, 0.6) is 0 Å². The molecule has 166 valence electrons. The van der Waals surface area contributed by atoms with E-state index in [0.717, 1.165) is 25.7 Å². The Balaban J connectivity index is 1.42. The van der Waals surface area contributed by atoms with Gasteiger partial charge in [0.1, 0.15) is 6.10 Å². The van der Waals surface area contributed by atoms with Crippen molar-refractivity contribution in [1.82, 2.24) is 14.9 Å². The summed E-state index contributed by atoms with van der Waals surface area (Å²) in [7, 11) is -3.52. The van der Waals surface area contributed by atoms with E-state index in [2.05, 4.69) is 10.6 Å². The van der Waals surface area contributed by atoms with Gasteiger partial charge in [0.05, 0.1) is 10.8 Å². The molecule has 1 saturated carbocycles. The summed E-state index contributed by atoms with van der Waals surface area (Å²) < 4.78 is 32.6. The molecule has 2 fully saturated rings. The van der Waals surface area contributed by atoms with Crippen LogP contribution in [-0.4, -0.2) is 56.5 Å². The molecule has 0 aromatic heterocycles. The van der Waals surface area contributed by atoms with Crippen LogP contribution in [0.1, 0.15) is 45.4 Å². The Kier molecular flexibility index (Phi) is 7.71. The number of piperidine rings is 1. The van der Waals surface area contributed by atoms with Crippen molar-refractivity contribution >= 4 is 22.0 Å². The van der Waals surface area contributed by atoms with Crippen molar-refractivity contribution in [2.45, 2.75) is 62.5 Å². The summed E-state index contributed by atoms with van der Waals surface area (Å²) in [4.78, 5) is 24.5. The lowest BCUT2D eigenvalue weighted by Gasteiger charge is -2.32. The molecule has 1 aromatic carbocycles. The second-order valence-corrected chi connectivity index (χ2v) is 9.84. The zero-order valence-electron chi connectivity index (χ0n) is 17.4. The van der Waals surface area contributed by atoms with Gasteiger partial charge in [-0.2, -0.15) is 4.31 Å².